The van der Waals surface area contributed by atoms with Crippen LogP contribution < -0.4 is 0 Å². The van der Waals surface area contributed by atoms with Crippen molar-refractivity contribution < 1.29 is 4.79 Å². The first-order valence-electron chi connectivity index (χ1n) is 7.62. The van der Waals surface area contributed by atoms with E-state index in [2.05, 4.69) is 42.3 Å². The predicted molar refractivity (Wildman–Crippen MR) is 100.0 cm³/mol. The third kappa shape index (κ3) is 2.82. The summed E-state index contributed by atoms with van der Waals surface area (Å²) in [5.41, 5.74) is 0.850. The molecule has 0 spiro atoms. The minimum Gasteiger partial charge on any atom is -0.336 e. The van der Waals surface area contributed by atoms with Gasteiger partial charge in [0, 0.05) is 46.4 Å². The topological polar surface area (TPSA) is 23.6 Å². The Morgan fingerprint density at radius 2 is 1.65 bits per heavy atom. The molecule has 3 nitrogen and oxygen atoms in total. The molecule has 23 heavy (non-hydrogen) atoms. The number of carbonyl (C=O) groups is 1. The molecule has 0 bridgehead atoms. The molecule has 3 aromatic rings. The van der Waals surface area contributed by atoms with E-state index in [1.807, 2.05) is 17.0 Å². The highest BCUT2D eigenvalue weighted by atomic mass is 35.5. The molecule has 120 valence electrons. The van der Waals surface area contributed by atoms with Crippen LogP contribution in [0, 0.1) is 0 Å². The molecule has 2 heterocycles. The van der Waals surface area contributed by atoms with Crippen LogP contribution in [0.1, 0.15) is 10.4 Å². The molecule has 1 aliphatic heterocycles. The van der Waals surface area contributed by atoms with Crippen molar-refractivity contribution in [2.45, 2.75) is 0 Å². The van der Waals surface area contributed by atoms with Crippen LogP contribution in [0.4, 0.5) is 0 Å². The van der Waals surface area contributed by atoms with Crippen molar-refractivity contribution in [1.29, 1.82) is 0 Å². The van der Waals surface area contributed by atoms with Gasteiger partial charge in [0.2, 0.25) is 0 Å². The van der Waals surface area contributed by atoms with Crippen molar-refractivity contribution in [1.82, 2.24) is 9.80 Å². The Hall–Kier alpha value is -1.62. The molecule has 4 rings (SSSR count). The number of thiophene rings is 1. The summed E-state index contributed by atoms with van der Waals surface area (Å²) < 4.78 is 2.36. The van der Waals surface area contributed by atoms with Crippen molar-refractivity contribution in [3.05, 3.63) is 48.0 Å². The second kappa shape index (κ2) is 6.48. The van der Waals surface area contributed by atoms with Gasteiger partial charge in [-0.15, -0.1) is 23.7 Å². The molecule has 0 atom stereocenters. The van der Waals surface area contributed by atoms with Crippen molar-refractivity contribution in [3.63, 3.8) is 0 Å². The molecule has 0 unspecified atom stereocenters. The Morgan fingerprint density at radius 1 is 0.957 bits per heavy atom. The van der Waals surface area contributed by atoms with Gasteiger partial charge in [0.15, 0.2) is 0 Å². The highest BCUT2D eigenvalue weighted by Crippen LogP contribution is 2.36. The summed E-state index contributed by atoms with van der Waals surface area (Å²) >= 11 is 1.72. The van der Waals surface area contributed by atoms with Crippen molar-refractivity contribution in [2.75, 3.05) is 33.2 Å². The van der Waals surface area contributed by atoms with E-state index in [0.717, 1.165) is 36.4 Å². The number of likely N-dealkylation sites (N-methyl/N-ethyl adjacent to an activating group) is 1. The van der Waals surface area contributed by atoms with Gasteiger partial charge in [-0.1, -0.05) is 30.3 Å². The molecule has 0 radical (unpaired) electrons. The summed E-state index contributed by atoms with van der Waals surface area (Å²) in [5.74, 6) is 0.172. The van der Waals surface area contributed by atoms with E-state index in [-0.39, 0.29) is 18.3 Å². The minimum atomic E-state index is 0. The maximum absolute atomic E-state index is 12.9. The van der Waals surface area contributed by atoms with Crippen LogP contribution in [0.3, 0.4) is 0 Å². The maximum atomic E-state index is 12.9. The number of hydrogen-bond acceptors (Lipinski definition) is 3. The number of hydrogen-bond donors (Lipinski definition) is 0. The van der Waals surface area contributed by atoms with E-state index in [9.17, 15) is 4.79 Å². The van der Waals surface area contributed by atoms with Crippen LogP contribution in [0.5, 0.6) is 0 Å². The number of piperazine rings is 1. The first-order valence-corrected chi connectivity index (χ1v) is 8.44. The second-order valence-electron chi connectivity index (χ2n) is 5.88. The lowest BCUT2D eigenvalue weighted by Crippen LogP contribution is -2.47. The molecular formula is C18H19ClN2OS. The fraction of sp³-hybridized carbons (Fsp3) is 0.278. The fourth-order valence-electron chi connectivity index (χ4n) is 3.10. The average Bonchev–Trinajstić information content (AvgIpc) is 2.93. The van der Waals surface area contributed by atoms with Gasteiger partial charge in [-0.3, -0.25) is 4.79 Å². The molecule has 0 aliphatic carbocycles. The quantitative estimate of drug-likeness (QED) is 0.668. The van der Waals surface area contributed by atoms with Gasteiger partial charge >= 0.3 is 0 Å². The average molecular weight is 347 g/mol. The third-order valence-electron chi connectivity index (χ3n) is 4.43. The Morgan fingerprint density at radius 3 is 2.43 bits per heavy atom. The smallest absolute Gasteiger partial charge is 0.255 e. The fourth-order valence-corrected chi connectivity index (χ4v) is 4.30. The molecule has 5 heteroatoms. The van der Waals surface area contributed by atoms with Crippen LogP contribution in [0.2, 0.25) is 0 Å². The van der Waals surface area contributed by atoms with Crippen LogP contribution in [0.15, 0.2) is 42.5 Å². The van der Waals surface area contributed by atoms with E-state index in [0.29, 0.717) is 0 Å². The van der Waals surface area contributed by atoms with Gasteiger partial charge < -0.3 is 9.80 Å². The zero-order chi connectivity index (χ0) is 15.1. The number of rotatable bonds is 1. The largest absolute Gasteiger partial charge is 0.336 e. The van der Waals surface area contributed by atoms with E-state index in [4.69, 9.17) is 0 Å². The first-order chi connectivity index (χ1) is 10.7. The van der Waals surface area contributed by atoms with Gasteiger partial charge in [-0.25, -0.2) is 0 Å². The monoisotopic (exact) mass is 346 g/mol. The summed E-state index contributed by atoms with van der Waals surface area (Å²) in [6, 6.07) is 14.5. The van der Waals surface area contributed by atoms with E-state index >= 15 is 0 Å². The number of fused-ring (bicyclic) bond motifs is 3. The maximum Gasteiger partial charge on any atom is 0.255 e. The van der Waals surface area contributed by atoms with Crippen molar-refractivity contribution >= 4 is 49.8 Å². The first kappa shape index (κ1) is 16.2. The van der Waals surface area contributed by atoms with E-state index in [1.165, 1.54) is 15.5 Å². The Labute approximate surface area is 145 Å². The molecule has 0 N–H and O–H groups in total. The van der Waals surface area contributed by atoms with Crippen LogP contribution >= 0.6 is 23.7 Å². The molecule has 1 fully saturated rings. The van der Waals surface area contributed by atoms with Gasteiger partial charge in [-0.05, 0) is 19.2 Å². The minimum absolute atomic E-state index is 0. The lowest BCUT2D eigenvalue weighted by atomic mass is 10.1. The molecule has 1 aliphatic rings. The molecule has 1 amide bonds. The normalized spacial score (nSPS) is 15.8. The number of halogens is 1. The van der Waals surface area contributed by atoms with Crippen molar-refractivity contribution in [2.24, 2.45) is 0 Å². The van der Waals surface area contributed by atoms with E-state index in [1.54, 1.807) is 11.3 Å². The number of nitrogens with zero attached hydrogens (tertiary/aromatic N) is 2. The SMILES string of the molecule is CN1CCN(C(=O)c2cccc3c2sc2ccccc23)CC1.Cl. The highest BCUT2D eigenvalue weighted by Gasteiger charge is 2.22. The Bertz CT molecular complexity index is 852. The zero-order valence-electron chi connectivity index (χ0n) is 13.0. The molecule has 0 saturated carbocycles. The van der Waals surface area contributed by atoms with Gasteiger partial charge in [0.1, 0.15) is 0 Å². The third-order valence-corrected chi connectivity index (χ3v) is 5.65. The van der Waals surface area contributed by atoms with Crippen molar-refractivity contribution in [3.8, 4) is 0 Å². The summed E-state index contributed by atoms with van der Waals surface area (Å²) in [4.78, 5) is 17.2. The zero-order valence-corrected chi connectivity index (χ0v) is 14.6. The summed E-state index contributed by atoms with van der Waals surface area (Å²) in [5, 5.41) is 2.44. The standard InChI is InChI=1S/C18H18N2OS.ClH/c1-19-9-11-20(12-10-19)18(21)15-7-4-6-14-13-5-2-3-8-16(13)22-17(14)15;/h2-8H,9-12H2,1H3;1H. The summed E-state index contributed by atoms with van der Waals surface area (Å²) in [6.07, 6.45) is 0. The Kier molecular flexibility index (Phi) is 4.57. The van der Waals surface area contributed by atoms with E-state index < -0.39 is 0 Å². The van der Waals surface area contributed by atoms with Crippen LogP contribution in [-0.2, 0) is 0 Å². The molecule has 2 aromatic carbocycles. The number of amides is 1. The molecule has 1 saturated heterocycles. The molecule has 1 aromatic heterocycles. The van der Waals surface area contributed by atoms with Gasteiger partial charge in [0.25, 0.3) is 5.91 Å². The number of benzene rings is 2. The molecular weight excluding hydrogens is 328 g/mol. The van der Waals surface area contributed by atoms with Gasteiger partial charge in [0.05, 0.1) is 5.56 Å². The lowest BCUT2D eigenvalue weighted by molar-refractivity contribution is 0.0666. The van der Waals surface area contributed by atoms with Crippen LogP contribution in [-0.4, -0.2) is 48.9 Å². The second-order valence-corrected chi connectivity index (χ2v) is 6.93. The lowest BCUT2D eigenvalue weighted by Gasteiger charge is -2.32. The predicted octanol–water partition coefficient (Wildman–Crippen LogP) is 3.86. The Balaban J connectivity index is 0.00000156. The highest BCUT2D eigenvalue weighted by molar-refractivity contribution is 7.26. The van der Waals surface area contributed by atoms with Crippen LogP contribution in [0.25, 0.3) is 20.2 Å². The summed E-state index contributed by atoms with van der Waals surface area (Å²) in [6.45, 7) is 3.54. The van der Waals surface area contributed by atoms with Gasteiger partial charge in [-0.2, -0.15) is 0 Å². The summed E-state index contributed by atoms with van der Waals surface area (Å²) in [7, 11) is 2.11. The number of carbonyl (C=O) groups excluding carboxylic acids is 1.